The number of halogens is 2. The van der Waals surface area contributed by atoms with Crippen LogP contribution in [0.4, 0.5) is 0 Å². The Kier molecular flexibility index (Phi) is 6.13. The van der Waals surface area contributed by atoms with Crippen molar-refractivity contribution >= 4 is 35.0 Å². The molecule has 1 aromatic carbocycles. The van der Waals surface area contributed by atoms with E-state index in [1.807, 2.05) is 24.6 Å². The number of hydrogen-bond acceptors (Lipinski definition) is 6. The lowest BCUT2D eigenvalue weighted by atomic mass is 10.2. The van der Waals surface area contributed by atoms with Crippen LogP contribution in [0.15, 0.2) is 40.1 Å². The second-order valence-electron chi connectivity index (χ2n) is 5.61. The maximum atomic E-state index is 10.2. The molecule has 0 bridgehead atoms. The maximum Gasteiger partial charge on any atom is 0.191 e. The van der Waals surface area contributed by atoms with Crippen LogP contribution >= 0.6 is 35.0 Å². The summed E-state index contributed by atoms with van der Waals surface area (Å²) in [5, 5.41) is 20.2. The molecule has 3 aromatic rings. The molecule has 9 heteroatoms. The number of thioether (sulfide) groups is 1. The van der Waals surface area contributed by atoms with Crippen molar-refractivity contribution in [3.8, 4) is 17.1 Å². The van der Waals surface area contributed by atoms with E-state index in [0.29, 0.717) is 26.7 Å². The van der Waals surface area contributed by atoms with E-state index in [0.717, 1.165) is 17.1 Å². The SMILES string of the molecule is Cc1occc1-c1nnc(SCC(O)COc2cc(Cl)ccc2Cl)n1C. The van der Waals surface area contributed by atoms with Crippen molar-refractivity contribution in [2.75, 3.05) is 12.4 Å². The largest absolute Gasteiger partial charge is 0.489 e. The zero-order valence-electron chi connectivity index (χ0n) is 14.1. The van der Waals surface area contributed by atoms with Crippen molar-refractivity contribution in [1.29, 1.82) is 0 Å². The van der Waals surface area contributed by atoms with Gasteiger partial charge >= 0.3 is 0 Å². The monoisotopic (exact) mass is 413 g/mol. The van der Waals surface area contributed by atoms with Crippen LogP contribution in [-0.4, -0.2) is 38.3 Å². The Hall–Kier alpha value is -1.67. The summed E-state index contributed by atoms with van der Waals surface area (Å²) >= 11 is 13.3. The molecule has 138 valence electrons. The van der Waals surface area contributed by atoms with Gasteiger partial charge in [0.05, 0.1) is 23.0 Å². The minimum absolute atomic E-state index is 0.0958. The summed E-state index contributed by atoms with van der Waals surface area (Å²) in [6.07, 6.45) is 0.916. The summed E-state index contributed by atoms with van der Waals surface area (Å²) in [7, 11) is 1.87. The minimum atomic E-state index is -0.703. The number of aliphatic hydroxyl groups is 1. The van der Waals surface area contributed by atoms with E-state index >= 15 is 0 Å². The summed E-state index contributed by atoms with van der Waals surface area (Å²) < 4.78 is 12.7. The topological polar surface area (TPSA) is 73.3 Å². The Morgan fingerprint density at radius 1 is 1.31 bits per heavy atom. The number of nitrogens with zero attached hydrogens (tertiary/aromatic N) is 3. The number of rotatable bonds is 7. The van der Waals surface area contributed by atoms with E-state index in [4.69, 9.17) is 32.4 Å². The lowest BCUT2D eigenvalue weighted by molar-refractivity contribution is 0.126. The first-order valence-corrected chi connectivity index (χ1v) is 9.52. The molecule has 0 fully saturated rings. The van der Waals surface area contributed by atoms with Crippen LogP contribution in [0.1, 0.15) is 5.76 Å². The van der Waals surface area contributed by atoms with E-state index in [1.54, 1.807) is 24.5 Å². The highest BCUT2D eigenvalue weighted by molar-refractivity contribution is 7.99. The third-order valence-corrected chi connectivity index (χ3v) is 5.38. The van der Waals surface area contributed by atoms with Gasteiger partial charge in [-0.05, 0) is 25.1 Å². The van der Waals surface area contributed by atoms with Crippen LogP contribution in [0, 0.1) is 6.92 Å². The van der Waals surface area contributed by atoms with Gasteiger partial charge in [-0.1, -0.05) is 35.0 Å². The second kappa shape index (κ2) is 8.35. The van der Waals surface area contributed by atoms with Crippen LogP contribution in [0.3, 0.4) is 0 Å². The Labute approximate surface area is 165 Å². The predicted octanol–water partition coefficient (Wildman–Crippen LogP) is 4.22. The van der Waals surface area contributed by atoms with Gasteiger partial charge in [0.25, 0.3) is 0 Å². The van der Waals surface area contributed by atoms with Crippen LogP contribution in [0.25, 0.3) is 11.4 Å². The molecular formula is C17H17Cl2N3O3S. The van der Waals surface area contributed by atoms with Gasteiger partial charge in [0.1, 0.15) is 18.1 Å². The fourth-order valence-electron chi connectivity index (χ4n) is 2.28. The molecule has 3 rings (SSSR count). The fourth-order valence-corrected chi connectivity index (χ4v) is 3.44. The van der Waals surface area contributed by atoms with E-state index in [2.05, 4.69) is 10.2 Å². The van der Waals surface area contributed by atoms with E-state index < -0.39 is 6.10 Å². The van der Waals surface area contributed by atoms with Crippen molar-refractivity contribution in [2.24, 2.45) is 7.05 Å². The Morgan fingerprint density at radius 3 is 2.85 bits per heavy atom. The Bertz CT molecular complexity index is 897. The Morgan fingerprint density at radius 2 is 2.12 bits per heavy atom. The average Bonchev–Trinajstić information content (AvgIpc) is 3.19. The van der Waals surface area contributed by atoms with Crippen molar-refractivity contribution in [2.45, 2.75) is 18.2 Å². The third kappa shape index (κ3) is 4.35. The quantitative estimate of drug-likeness (QED) is 0.584. The van der Waals surface area contributed by atoms with Gasteiger partial charge in [-0.25, -0.2) is 0 Å². The first-order valence-electron chi connectivity index (χ1n) is 7.78. The summed E-state index contributed by atoms with van der Waals surface area (Å²) in [4.78, 5) is 0. The molecule has 0 spiro atoms. The number of benzene rings is 1. The molecule has 0 saturated heterocycles. The molecule has 0 amide bonds. The molecule has 0 aliphatic heterocycles. The average molecular weight is 414 g/mol. The van der Waals surface area contributed by atoms with Gasteiger partial charge in [-0.15, -0.1) is 10.2 Å². The molecule has 6 nitrogen and oxygen atoms in total. The number of ether oxygens (including phenoxy) is 1. The zero-order chi connectivity index (χ0) is 18.7. The van der Waals surface area contributed by atoms with Gasteiger partial charge in [-0.2, -0.15) is 0 Å². The number of aromatic nitrogens is 3. The lowest BCUT2D eigenvalue weighted by Crippen LogP contribution is -2.20. The van der Waals surface area contributed by atoms with Crippen molar-refractivity contribution in [1.82, 2.24) is 14.8 Å². The molecule has 2 heterocycles. The fraction of sp³-hybridized carbons (Fsp3) is 0.294. The number of aliphatic hydroxyl groups excluding tert-OH is 1. The zero-order valence-corrected chi connectivity index (χ0v) is 16.5. The molecule has 26 heavy (non-hydrogen) atoms. The highest BCUT2D eigenvalue weighted by Crippen LogP contribution is 2.29. The maximum absolute atomic E-state index is 10.2. The molecule has 0 radical (unpaired) electrons. The molecule has 1 N–H and O–H groups in total. The number of furan rings is 1. The first kappa shape index (κ1) is 19.1. The standard InChI is InChI=1S/C17H17Cl2N3O3S/c1-10-13(5-6-24-10)16-20-21-17(22(16)2)26-9-12(23)8-25-15-7-11(18)3-4-14(15)19/h3-7,12,23H,8-9H2,1-2H3. The molecule has 0 saturated carbocycles. The highest BCUT2D eigenvalue weighted by Gasteiger charge is 2.16. The van der Waals surface area contributed by atoms with Crippen molar-refractivity contribution < 1.29 is 14.3 Å². The highest BCUT2D eigenvalue weighted by atomic mass is 35.5. The van der Waals surface area contributed by atoms with Crippen molar-refractivity contribution in [3.05, 3.63) is 46.3 Å². The van der Waals surface area contributed by atoms with E-state index in [-0.39, 0.29) is 6.61 Å². The third-order valence-electron chi connectivity index (χ3n) is 3.66. The number of aryl methyl sites for hydroxylation is 1. The van der Waals surface area contributed by atoms with Crippen LogP contribution in [-0.2, 0) is 7.05 Å². The normalized spacial score (nSPS) is 12.3. The van der Waals surface area contributed by atoms with E-state index in [9.17, 15) is 5.11 Å². The van der Waals surface area contributed by atoms with Crippen molar-refractivity contribution in [3.63, 3.8) is 0 Å². The van der Waals surface area contributed by atoms with Gasteiger partial charge in [-0.3, -0.25) is 0 Å². The molecule has 0 aliphatic rings. The van der Waals surface area contributed by atoms with Gasteiger partial charge < -0.3 is 18.8 Å². The molecule has 1 unspecified atom stereocenters. The smallest absolute Gasteiger partial charge is 0.191 e. The van der Waals surface area contributed by atoms with Crippen LogP contribution < -0.4 is 4.74 Å². The summed E-state index contributed by atoms with van der Waals surface area (Å²) in [6.45, 7) is 1.97. The lowest BCUT2D eigenvalue weighted by Gasteiger charge is -2.13. The van der Waals surface area contributed by atoms with Gasteiger partial charge in [0.2, 0.25) is 0 Å². The predicted molar refractivity (Wildman–Crippen MR) is 102 cm³/mol. The summed E-state index contributed by atoms with van der Waals surface area (Å²) in [5.74, 6) is 2.34. The molecule has 0 aliphatic carbocycles. The van der Waals surface area contributed by atoms with Gasteiger partial charge in [0.15, 0.2) is 11.0 Å². The summed E-state index contributed by atoms with van der Waals surface area (Å²) in [6, 6.07) is 6.80. The van der Waals surface area contributed by atoms with E-state index in [1.165, 1.54) is 11.8 Å². The van der Waals surface area contributed by atoms with Gasteiger partial charge in [0, 0.05) is 23.9 Å². The molecular weight excluding hydrogens is 397 g/mol. The van der Waals surface area contributed by atoms with Crippen LogP contribution in [0.2, 0.25) is 10.0 Å². The number of hydrogen-bond donors (Lipinski definition) is 1. The second-order valence-corrected chi connectivity index (χ2v) is 7.44. The molecule has 1 atom stereocenters. The molecule has 2 aromatic heterocycles. The summed E-state index contributed by atoms with van der Waals surface area (Å²) in [5.41, 5.74) is 0.895. The first-order chi connectivity index (χ1) is 12.5. The van der Waals surface area contributed by atoms with Crippen LogP contribution in [0.5, 0.6) is 5.75 Å². The Balaban J connectivity index is 1.57. The minimum Gasteiger partial charge on any atom is -0.489 e.